The van der Waals surface area contributed by atoms with Crippen molar-refractivity contribution in [3.8, 4) is 11.5 Å². The van der Waals surface area contributed by atoms with E-state index in [2.05, 4.69) is 15.3 Å². The Labute approximate surface area is 144 Å². The predicted molar refractivity (Wildman–Crippen MR) is 90.3 cm³/mol. The van der Waals surface area contributed by atoms with Gasteiger partial charge in [-0.3, -0.25) is 4.79 Å². The molecule has 1 N–H and O–H groups in total. The summed E-state index contributed by atoms with van der Waals surface area (Å²) in [5, 5.41) is 3.91. The fourth-order valence-corrected chi connectivity index (χ4v) is 2.24. The normalized spacial score (nSPS) is 12.7. The minimum absolute atomic E-state index is 0.362. The summed E-state index contributed by atoms with van der Waals surface area (Å²) in [7, 11) is 1.32. The van der Waals surface area contributed by atoms with Gasteiger partial charge in [0.05, 0.1) is 18.9 Å². The standard InChI is InChI=1S/C18H16N2O5/c1-23-18(22)13-4-2-12(3-5-13)11-19-20-17(21)14-6-7-15-16(10-14)25-9-8-24-15/h2-7,10-11H,8-9H2,1H3,(H,20,21)/b19-11+. The fourth-order valence-electron chi connectivity index (χ4n) is 2.24. The molecule has 1 aliphatic rings. The summed E-state index contributed by atoms with van der Waals surface area (Å²) in [5.74, 6) is 0.396. The molecule has 0 aromatic heterocycles. The highest BCUT2D eigenvalue weighted by atomic mass is 16.6. The number of rotatable bonds is 4. The van der Waals surface area contributed by atoms with Crippen LogP contribution in [0.3, 0.4) is 0 Å². The lowest BCUT2D eigenvalue weighted by atomic mass is 10.1. The van der Waals surface area contributed by atoms with E-state index in [4.69, 9.17) is 9.47 Å². The van der Waals surface area contributed by atoms with Crippen LogP contribution in [0.2, 0.25) is 0 Å². The highest BCUT2D eigenvalue weighted by Gasteiger charge is 2.14. The Morgan fingerprint density at radius 1 is 1.04 bits per heavy atom. The molecule has 2 aromatic rings. The molecule has 0 saturated carbocycles. The first kappa shape index (κ1) is 16.5. The van der Waals surface area contributed by atoms with Crippen molar-refractivity contribution in [2.24, 2.45) is 5.10 Å². The van der Waals surface area contributed by atoms with Crippen LogP contribution < -0.4 is 14.9 Å². The van der Waals surface area contributed by atoms with E-state index in [1.165, 1.54) is 13.3 Å². The monoisotopic (exact) mass is 340 g/mol. The summed E-state index contributed by atoms with van der Waals surface area (Å²) in [6.07, 6.45) is 1.48. The summed E-state index contributed by atoms with van der Waals surface area (Å²) in [5.41, 5.74) is 4.04. The van der Waals surface area contributed by atoms with Gasteiger partial charge in [-0.2, -0.15) is 5.10 Å². The van der Waals surface area contributed by atoms with Crippen LogP contribution in [0, 0.1) is 0 Å². The maximum Gasteiger partial charge on any atom is 0.337 e. The number of carbonyl (C=O) groups is 2. The number of esters is 1. The third kappa shape index (κ3) is 3.95. The van der Waals surface area contributed by atoms with Gasteiger partial charge in [0.25, 0.3) is 5.91 Å². The number of hydrazone groups is 1. The average Bonchev–Trinajstić information content (AvgIpc) is 2.67. The highest BCUT2D eigenvalue weighted by molar-refractivity contribution is 5.95. The van der Waals surface area contributed by atoms with Crippen molar-refractivity contribution < 1.29 is 23.8 Å². The van der Waals surface area contributed by atoms with Crippen LogP contribution in [0.25, 0.3) is 0 Å². The summed E-state index contributed by atoms with van der Waals surface area (Å²) in [6.45, 7) is 0.954. The molecule has 1 amide bonds. The lowest BCUT2D eigenvalue weighted by Gasteiger charge is -2.18. The average molecular weight is 340 g/mol. The molecule has 7 heteroatoms. The Kier molecular flexibility index (Phi) is 4.94. The van der Waals surface area contributed by atoms with Crippen LogP contribution in [0.4, 0.5) is 0 Å². The molecule has 25 heavy (non-hydrogen) atoms. The Morgan fingerprint density at radius 3 is 2.44 bits per heavy atom. The maximum absolute atomic E-state index is 12.1. The van der Waals surface area contributed by atoms with Crippen molar-refractivity contribution in [3.63, 3.8) is 0 Å². The number of benzene rings is 2. The Hall–Kier alpha value is -3.35. The second kappa shape index (κ2) is 7.48. The van der Waals surface area contributed by atoms with E-state index in [1.807, 2.05) is 0 Å². The summed E-state index contributed by atoms with van der Waals surface area (Å²) < 4.78 is 15.5. The fraction of sp³-hybridized carbons (Fsp3) is 0.167. The number of nitrogens with zero attached hydrogens (tertiary/aromatic N) is 1. The molecule has 0 spiro atoms. The highest BCUT2D eigenvalue weighted by Crippen LogP contribution is 2.30. The van der Waals surface area contributed by atoms with Crippen molar-refractivity contribution in [1.29, 1.82) is 0 Å². The van der Waals surface area contributed by atoms with Gasteiger partial charge in [-0.1, -0.05) is 12.1 Å². The van der Waals surface area contributed by atoms with E-state index in [9.17, 15) is 9.59 Å². The Bertz CT molecular complexity index is 815. The SMILES string of the molecule is COC(=O)c1ccc(/C=N/NC(=O)c2ccc3c(c2)OCCO3)cc1. The summed E-state index contributed by atoms with van der Waals surface area (Å²) in [4.78, 5) is 23.5. The summed E-state index contributed by atoms with van der Waals surface area (Å²) in [6, 6.07) is 11.6. The van der Waals surface area contributed by atoms with Gasteiger partial charge in [-0.05, 0) is 35.9 Å². The number of methoxy groups -OCH3 is 1. The molecule has 2 aromatic carbocycles. The van der Waals surface area contributed by atoms with Crippen LogP contribution >= 0.6 is 0 Å². The van der Waals surface area contributed by atoms with Crippen LogP contribution in [0.5, 0.6) is 11.5 Å². The number of hydrogen-bond donors (Lipinski definition) is 1. The topological polar surface area (TPSA) is 86.2 Å². The smallest absolute Gasteiger partial charge is 0.337 e. The Balaban J connectivity index is 1.62. The van der Waals surface area contributed by atoms with Gasteiger partial charge in [-0.25, -0.2) is 10.2 Å². The lowest BCUT2D eigenvalue weighted by Crippen LogP contribution is -2.19. The molecule has 0 saturated heterocycles. The minimum Gasteiger partial charge on any atom is -0.486 e. The van der Waals surface area contributed by atoms with E-state index < -0.39 is 5.97 Å². The number of ether oxygens (including phenoxy) is 3. The van der Waals surface area contributed by atoms with Crippen molar-refractivity contribution in [2.45, 2.75) is 0 Å². The maximum atomic E-state index is 12.1. The van der Waals surface area contributed by atoms with Gasteiger partial charge in [0.15, 0.2) is 11.5 Å². The quantitative estimate of drug-likeness (QED) is 0.523. The molecule has 7 nitrogen and oxygen atoms in total. The first-order valence-corrected chi connectivity index (χ1v) is 7.59. The van der Waals surface area contributed by atoms with Crippen LogP contribution in [-0.4, -0.2) is 38.4 Å². The number of carbonyl (C=O) groups excluding carboxylic acids is 2. The van der Waals surface area contributed by atoms with E-state index in [0.717, 1.165) is 5.56 Å². The number of fused-ring (bicyclic) bond motifs is 1. The number of nitrogens with one attached hydrogen (secondary N) is 1. The third-order valence-corrected chi connectivity index (χ3v) is 3.52. The molecule has 0 aliphatic carbocycles. The van der Waals surface area contributed by atoms with Gasteiger partial charge in [-0.15, -0.1) is 0 Å². The van der Waals surface area contributed by atoms with E-state index in [0.29, 0.717) is 35.8 Å². The van der Waals surface area contributed by atoms with Gasteiger partial charge < -0.3 is 14.2 Å². The molecule has 0 unspecified atom stereocenters. The molecule has 0 bridgehead atoms. The molecule has 128 valence electrons. The third-order valence-electron chi connectivity index (χ3n) is 3.52. The first-order chi connectivity index (χ1) is 12.2. The van der Waals surface area contributed by atoms with Crippen LogP contribution in [0.1, 0.15) is 26.3 Å². The number of amides is 1. The first-order valence-electron chi connectivity index (χ1n) is 7.59. The Morgan fingerprint density at radius 2 is 1.72 bits per heavy atom. The van der Waals surface area contributed by atoms with Gasteiger partial charge >= 0.3 is 5.97 Å². The van der Waals surface area contributed by atoms with Crippen LogP contribution in [0.15, 0.2) is 47.6 Å². The van der Waals surface area contributed by atoms with Gasteiger partial charge in [0, 0.05) is 5.56 Å². The zero-order valence-electron chi connectivity index (χ0n) is 13.5. The lowest BCUT2D eigenvalue weighted by molar-refractivity contribution is 0.0600. The van der Waals surface area contributed by atoms with Crippen molar-refractivity contribution in [1.82, 2.24) is 5.43 Å². The molecule has 0 fully saturated rings. The van der Waals surface area contributed by atoms with E-state index >= 15 is 0 Å². The van der Waals surface area contributed by atoms with Crippen LogP contribution in [-0.2, 0) is 4.74 Å². The molecular weight excluding hydrogens is 324 g/mol. The largest absolute Gasteiger partial charge is 0.486 e. The number of hydrogen-bond acceptors (Lipinski definition) is 6. The minimum atomic E-state index is -0.407. The van der Waals surface area contributed by atoms with Gasteiger partial charge in [0.1, 0.15) is 13.2 Å². The zero-order valence-corrected chi connectivity index (χ0v) is 13.5. The molecule has 1 aliphatic heterocycles. The second-order valence-corrected chi connectivity index (χ2v) is 5.17. The van der Waals surface area contributed by atoms with E-state index in [1.54, 1.807) is 42.5 Å². The second-order valence-electron chi connectivity index (χ2n) is 5.17. The molecule has 0 atom stereocenters. The molecule has 3 rings (SSSR count). The van der Waals surface area contributed by atoms with Crippen molar-refractivity contribution >= 4 is 18.1 Å². The van der Waals surface area contributed by atoms with Crippen molar-refractivity contribution in [2.75, 3.05) is 20.3 Å². The molecular formula is C18H16N2O5. The van der Waals surface area contributed by atoms with Gasteiger partial charge in [0.2, 0.25) is 0 Å². The predicted octanol–water partition coefficient (Wildman–Crippen LogP) is 2.01. The van der Waals surface area contributed by atoms with E-state index in [-0.39, 0.29) is 5.91 Å². The molecule has 1 heterocycles. The molecule has 0 radical (unpaired) electrons. The summed E-state index contributed by atoms with van der Waals surface area (Å²) >= 11 is 0. The van der Waals surface area contributed by atoms with Crippen molar-refractivity contribution in [3.05, 3.63) is 59.2 Å². The zero-order chi connectivity index (χ0) is 17.6.